The van der Waals surface area contributed by atoms with Crippen molar-refractivity contribution >= 4 is 6.08 Å². The van der Waals surface area contributed by atoms with Gasteiger partial charge in [0.25, 0.3) is 0 Å². The fourth-order valence-electron chi connectivity index (χ4n) is 3.38. The fraction of sp³-hybridized carbons (Fsp3) is 0.435. The molecular weight excluding hydrogens is 372 g/mol. The number of ether oxygens (including phenoxy) is 2. The Balaban J connectivity index is 2.04. The molecule has 6 nitrogen and oxygen atoms in total. The molecular formula is C23H30O6. The Morgan fingerprint density at radius 2 is 1.90 bits per heavy atom. The summed E-state index contributed by atoms with van der Waals surface area (Å²) in [5.41, 5.74) is -1.08. The van der Waals surface area contributed by atoms with Crippen LogP contribution in [0.15, 0.2) is 57.3 Å². The molecule has 1 aromatic rings. The Hall–Kier alpha value is -2.41. The molecule has 2 N–H and O–H groups in total. The lowest BCUT2D eigenvalue weighted by Gasteiger charge is -2.28. The molecule has 29 heavy (non-hydrogen) atoms. The fourth-order valence-corrected chi connectivity index (χ4v) is 3.38. The second-order valence-corrected chi connectivity index (χ2v) is 7.69. The quantitative estimate of drug-likeness (QED) is 0.710. The molecule has 4 unspecified atom stereocenters. The van der Waals surface area contributed by atoms with Crippen LogP contribution >= 0.6 is 0 Å². The minimum absolute atomic E-state index is 0.445. The Labute approximate surface area is 171 Å². The van der Waals surface area contributed by atoms with Gasteiger partial charge in [-0.3, -0.25) is 0 Å². The minimum atomic E-state index is -1.30. The first kappa shape index (κ1) is 22.9. The van der Waals surface area contributed by atoms with Gasteiger partial charge in [0.1, 0.15) is 28.8 Å². The number of hydrogen-bond acceptors (Lipinski definition) is 6. The van der Waals surface area contributed by atoms with Crippen LogP contribution in [0.25, 0.3) is 6.08 Å². The van der Waals surface area contributed by atoms with Crippen molar-refractivity contribution in [2.24, 2.45) is 0 Å². The Kier molecular flexibility index (Phi) is 7.06. The third kappa shape index (κ3) is 5.15. The number of allylic oxidation sites excluding steroid dienone is 6. The SMILES string of the molecule is COc1cc(=O)oc(C=CC=C/C=C/C(C)=CC2(C)OC(C)C(C)(O)C2O)c1C. The number of methoxy groups -OCH3 is 1. The van der Waals surface area contributed by atoms with E-state index >= 15 is 0 Å². The summed E-state index contributed by atoms with van der Waals surface area (Å²) in [6, 6.07) is 1.31. The van der Waals surface area contributed by atoms with Gasteiger partial charge < -0.3 is 24.1 Å². The van der Waals surface area contributed by atoms with Gasteiger partial charge in [0.15, 0.2) is 0 Å². The second-order valence-electron chi connectivity index (χ2n) is 7.69. The van der Waals surface area contributed by atoms with E-state index in [9.17, 15) is 15.0 Å². The van der Waals surface area contributed by atoms with Crippen LogP contribution in [-0.2, 0) is 4.74 Å². The Morgan fingerprint density at radius 3 is 2.48 bits per heavy atom. The molecule has 0 bridgehead atoms. The van der Waals surface area contributed by atoms with E-state index in [2.05, 4.69) is 0 Å². The molecule has 1 fully saturated rings. The molecule has 2 rings (SSSR count). The monoisotopic (exact) mass is 402 g/mol. The van der Waals surface area contributed by atoms with Gasteiger partial charge in [0.2, 0.25) is 0 Å². The van der Waals surface area contributed by atoms with Crippen molar-refractivity contribution in [1.82, 2.24) is 0 Å². The van der Waals surface area contributed by atoms with Crippen LogP contribution in [0.1, 0.15) is 39.0 Å². The molecule has 0 aromatic carbocycles. The van der Waals surface area contributed by atoms with Crippen molar-refractivity contribution in [2.75, 3.05) is 7.11 Å². The zero-order valence-corrected chi connectivity index (χ0v) is 17.8. The summed E-state index contributed by atoms with van der Waals surface area (Å²) in [6.07, 6.45) is 11.1. The van der Waals surface area contributed by atoms with E-state index in [0.29, 0.717) is 11.5 Å². The zero-order chi connectivity index (χ0) is 21.8. The van der Waals surface area contributed by atoms with E-state index in [-0.39, 0.29) is 0 Å². The van der Waals surface area contributed by atoms with Crippen LogP contribution in [0, 0.1) is 6.92 Å². The molecule has 158 valence electrons. The predicted octanol–water partition coefficient (Wildman–Crippen LogP) is 3.32. The average Bonchev–Trinajstić information content (AvgIpc) is 2.79. The van der Waals surface area contributed by atoms with Crippen LogP contribution in [-0.4, -0.2) is 40.7 Å². The summed E-state index contributed by atoms with van der Waals surface area (Å²) < 4.78 is 16.1. The van der Waals surface area contributed by atoms with Crippen LogP contribution in [0.4, 0.5) is 0 Å². The van der Waals surface area contributed by atoms with Crippen LogP contribution in [0.5, 0.6) is 5.75 Å². The van der Waals surface area contributed by atoms with Crippen LogP contribution < -0.4 is 10.4 Å². The van der Waals surface area contributed by atoms with Crippen molar-refractivity contribution in [3.63, 3.8) is 0 Å². The summed E-state index contributed by atoms with van der Waals surface area (Å²) in [5.74, 6) is 0.934. The molecule has 0 saturated carbocycles. The summed E-state index contributed by atoms with van der Waals surface area (Å²) >= 11 is 0. The second kappa shape index (κ2) is 8.95. The van der Waals surface area contributed by atoms with Crippen molar-refractivity contribution in [1.29, 1.82) is 0 Å². The van der Waals surface area contributed by atoms with Gasteiger partial charge in [-0.15, -0.1) is 0 Å². The molecule has 0 spiro atoms. The third-order valence-corrected chi connectivity index (χ3v) is 5.22. The van der Waals surface area contributed by atoms with Crippen molar-refractivity contribution in [3.8, 4) is 5.75 Å². The first-order valence-electron chi connectivity index (χ1n) is 9.49. The standard InChI is InChI=1S/C23H30O6/c1-15(14-22(4)21(25)23(5,26)17(3)29-22)11-9-7-8-10-12-18-16(2)19(27-6)13-20(24)28-18/h7-14,17,21,25-26H,1-6H3/b8-7?,11-9+,12-10?,15-14?. The predicted molar refractivity (Wildman–Crippen MR) is 113 cm³/mol. The number of rotatable bonds is 6. The van der Waals surface area contributed by atoms with Crippen molar-refractivity contribution in [2.45, 2.75) is 58.0 Å². The average molecular weight is 402 g/mol. The van der Waals surface area contributed by atoms with E-state index in [4.69, 9.17) is 13.9 Å². The topological polar surface area (TPSA) is 89.1 Å². The van der Waals surface area contributed by atoms with E-state index in [1.54, 1.807) is 39.0 Å². The summed E-state index contributed by atoms with van der Waals surface area (Å²) in [4.78, 5) is 11.5. The van der Waals surface area contributed by atoms with Gasteiger partial charge in [-0.1, -0.05) is 36.0 Å². The molecule has 0 radical (unpaired) electrons. The van der Waals surface area contributed by atoms with Gasteiger partial charge in [0.05, 0.1) is 19.3 Å². The lowest BCUT2D eigenvalue weighted by molar-refractivity contribution is -0.0579. The van der Waals surface area contributed by atoms with E-state index in [1.807, 2.05) is 38.2 Å². The smallest absolute Gasteiger partial charge is 0.339 e. The summed E-state index contributed by atoms with van der Waals surface area (Å²) in [7, 11) is 1.51. The highest BCUT2D eigenvalue weighted by atomic mass is 16.6. The number of aliphatic hydroxyl groups excluding tert-OH is 1. The van der Waals surface area contributed by atoms with Gasteiger partial charge in [-0.2, -0.15) is 0 Å². The third-order valence-electron chi connectivity index (χ3n) is 5.22. The van der Waals surface area contributed by atoms with E-state index in [0.717, 1.165) is 11.1 Å². The van der Waals surface area contributed by atoms with Crippen LogP contribution in [0.3, 0.4) is 0 Å². The highest BCUT2D eigenvalue weighted by Crippen LogP contribution is 2.39. The summed E-state index contributed by atoms with van der Waals surface area (Å²) in [6.45, 7) is 8.79. The van der Waals surface area contributed by atoms with Gasteiger partial charge in [0, 0.05) is 5.56 Å². The van der Waals surface area contributed by atoms with Crippen molar-refractivity contribution < 1.29 is 24.1 Å². The molecule has 2 heterocycles. The largest absolute Gasteiger partial charge is 0.496 e. The normalized spacial score (nSPS) is 30.8. The number of aliphatic hydroxyl groups is 2. The molecule has 0 aliphatic carbocycles. The van der Waals surface area contributed by atoms with Crippen molar-refractivity contribution in [3.05, 3.63) is 69.8 Å². The molecule has 1 aliphatic rings. The first-order chi connectivity index (χ1) is 13.5. The van der Waals surface area contributed by atoms with E-state index < -0.39 is 29.0 Å². The molecule has 0 amide bonds. The van der Waals surface area contributed by atoms with Gasteiger partial charge in [-0.25, -0.2) is 4.79 Å². The maximum atomic E-state index is 11.5. The zero-order valence-electron chi connectivity index (χ0n) is 17.8. The maximum Gasteiger partial charge on any atom is 0.339 e. The van der Waals surface area contributed by atoms with E-state index in [1.165, 1.54) is 13.2 Å². The lowest BCUT2D eigenvalue weighted by Crippen LogP contribution is -2.47. The number of hydrogen-bond donors (Lipinski definition) is 2. The molecule has 1 aliphatic heterocycles. The highest BCUT2D eigenvalue weighted by Gasteiger charge is 2.55. The molecule has 6 heteroatoms. The first-order valence-corrected chi connectivity index (χ1v) is 9.49. The Morgan fingerprint density at radius 1 is 1.24 bits per heavy atom. The lowest BCUT2D eigenvalue weighted by atomic mass is 9.86. The summed E-state index contributed by atoms with van der Waals surface area (Å²) in [5, 5.41) is 20.8. The molecule has 1 saturated heterocycles. The molecule has 1 aromatic heterocycles. The highest BCUT2D eigenvalue weighted by molar-refractivity contribution is 5.52. The van der Waals surface area contributed by atoms with Gasteiger partial charge in [-0.05, 0) is 46.8 Å². The van der Waals surface area contributed by atoms with Crippen LogP contribution in [0.2, 0.25) is 0 Å². The molecule has 4 atom stereocenters. The Bertz CT molecular complexity index is 902. The minimum Gasteiger partial charge on any atom is -0.496 e. The maximum absolute atomic E-state index is 11.5. The van der Waals surface area contributed by atoms with Gasteiger partial charge >= 0.3 is 5.63 Å².